The Balaban J connectivity index is 3.33. The zero-order valence-corrected chi connectivity index (χ0v) is 10.7. The first kappa shape index (κ1) is 13.8. The normalized spacial score (nSPS) is 10.4. The highest BCUT2D eigenvalue weighted by Gasteiger charge is 2.18. The van der Waals surface area contributed by atoms with Crippen LogP contribution in [0.5, 0.6) is 11.5 Å². The standard InChI is InChI=1S/C11H15N3O4/c1-13(2)12-7-8-5-10(17-3)11(18-4)6-9(8)14(15)16/h5-7H,1-4H3. The second-order valence-electron chi connectivity index (χ2n) is 3.61. The zero-order chi connectivity index (χ0) is 13.7. The number of nitrogens with zero attached hydrogens (tertiary/aromatic N) is 3. The number of hydrazone groups is 1. The molecule has 0 spiro atoms. The van der Waals surface area contributed by atoms with Crippen LogP contribution >= 0.6 is 0 Å². The molecule has 0 heterocycles. The van der Waals surface area contributed by atoms with E-state index in [0.29, 0.717) is 17.1 Å². The summed E-state index contributed by atoms with van der Waals surface area (Å²) in [7, 11) is 6.35. The Kier molecular flexibility index (Phi) is 4.47. The van der Waals surface area contributed by atoms with Crippen LogP contribution in [0.15, 0.2) is 17.2 Å². The molecule has 0 saturated carbocycles. The van der Waals surface area contributed by atoms with Gasteiger partial charge in [-0.3, -0.25) is 10.1 Å². The van der Waals surface area contributed by atoms with Gasteiger partial charge >= 0.3 is 0 Å². The van der Waals surface area contributed by atoms with Gasteiger partial charge in [-0.25, -0.2) is 0 Å². The number of benzene rings is 1. The van der Waals surface area contributed by atoms with Gasteiger partial charge in [0.1, 0.15) is 0 Å². The molecule has 0 unspecified atom stereocenters. The Morgan fingerprint density at radius 3 is 2.28 bits per heavy atom. The van der Waals surface area contributed by atoms with E-state index >= 15 is 0 Å². The molecule has 7 nitrogen and oxygen atoms in total. The van der Waals surface area contributed by atoms with Crippen LogP contribution < -0.4 is 9.47 Å². The molecule has 0 aliphatic carbocycles. The molecular weight excluding hydrogens is 238 g/mol. The molecule has 98 valence electrons. The summed E-state index contributed by atoms with van der Waals surface area (Å²) < 4.78 is 10.1. The minimum atomic E-state index is -0.487. The fourth-order valence-corrected chi connectivity index (χ4v) is 1.32. The lowest BCUT2D eigenvalue weighted by molar-refractivity contribution is -0.385. The van der Waals surface area contributed by atoms with Crippen molar-refractivity contribution in [1.82, 2.24) is 5.01 Å². The second-order valence-corrected chi connectivity index (χ2v) is 3.61. The Morgan fingerprint density at radius 1 is 1.28 bits per heavy atom. The highest BCUT2D eigenvalue weighted by Crippen LogP contribution is 2.33. The van der Waals surface area contributed by atoms with Gasteiger partial charge in [-0.1, -0.05) is 0 Å². The molecule has 0 N–H and O–H groups in total. The monoisotopic (exact) mass is 253 g/mol. The summed E-state index contributed by atoms with van der Waals surface area (Å²) >= 11 is 0. The maximum absolute atomic E-state index is 11.0. The molecule has 0 aromatic heterocycles. The SMILES string of the molecule is COc1cc(C=NN(C)C)c([N+](=O)[O-])cc1OC. The molecule has 0 radical (unpaired) electrons. The lowest BCUT2D eigenvalue weighted by atomic mass is 10.1. The van der Waals surface area contributed by atoms with Crippen molar-refractivity contribution < 1.29 is 14.4 Å². The highest BCUT2D eigenvalue weighted by atomic mass is 16.6. The van der Waals surface area contributed by atoms with Crippen LogP contribution in [0.2, 0.25) is 0 Å². The van der Waals surface area contributed by atoms with Crippen LogP contribution in [0.3, 0.4) is 0 Å². The van der Waals surface area contributed by atoms with Crippen molar-refractivity contribution in [1.29, 1.82) is 0 Å². The number of hydrogen-bond donors (Lipinski definition) is 0. The van der Waals surface area contributed by atoms with E-state index in [-0.39, 0.29) is 5.69 Å². The van der Waals surface area contributed by atoms with Crippen LogP contribution in [-0.2, 0) is 0 Å². The second kappa shape index (κ2) is 5.85. The summed E-state index contributed by atoms with van der Waals surface area (Å²) in [6.45, 7) is 0. The van der Waals surface area contributed by atoms with Crippen molar-refractivity contribution in [2.45, 2.75) is 0 Å². The first-order chi connectivity index (χ1) is 8.49. The number of methoxy groups -OCH3 is 2. The fourth-order valence-electron chi connectivity index (χ4n) is 1.32. The van der Waals surface area contributed by atoms with Crippen LogP contribution in [0, 0.1) is 10.1 Å². The van der Waals surface area contributed by atoms with E-state index in [1.54, 1.807) is 19.1 Å². The van der Waals surface area contributed by atoms with Crippen LogP contribution in [-0.4, -0.2) is 44.5 Å². The molecule has 7 heteroatoms. The lowest BCUT2D eigenvalue weighted by Gasteiger charge is -2.09. The molecule has 1 aromatic rings. The summed E-state index contributed by atoms with van der Waals surface area (Å²) in [5, 5.41) is 16.5. The van der Waals surface area contributed by atoms with Crippen molar-refractivity contribution in [2.24, 2.45) is 5.10 Å². The minimum Gasteiger partial charge on any atom is -0.493 e. The molecule has 0 atom stereocenters. The van der Waals surface area contributed by atoms with Crippen molar-refractivity contribution in [3.8, 4) is 11.5 Å². The average Bonchev–Trinajstić information content (AvgIpc) is 2.34. The van der Waals surface area contributed by atoms with E-state index in [9.17, 15) is 10.1 Å². The molecule has 0 saturated heterocycles. The van der Waals surface area contributed by atoms with Gasteiger partial charge in [0.05, 0.1) is 37.0 Å². The number of rotatable bonds is 5. The van der Waals surface area contributed by atoms with E-state index in [2.05, 4.69) is 5.10 Å². The number of nitro benzene ring substituents is 1. The first-order valence-electron chi connectivity index (χ1n) is 5.11. The predicted molar refractivity (Wildman–Crippen MR) is 67.5 cm³/mol. The van der Waals surface area contributed by atoms with E-state index < -0.39 is 4.92 Å². The third kappa shape index (κ3) is 3.09. The molecule has 18 heavy (non-hydrogen) atoms. The number of nitro groups is 1. The van der Waals surface area contributed by atoms with E-state index in [0.717, 1.165) is 0 Å². The largest absolute Gasteiger partial charge is 0.493 e. The topological polar surface area (TPSA) is 77.2 Å². The van der Waals surface area contributed by atoms with E-state index in [1.165, 1.54) is 32.6 Å². The van der Waals surface area contributed by atoms with Gasteiger partial charge in [-0.2, -0.15) is 5.10 Å². The van der Waals surface area contributed by atoms with E-state index in [1.807, 2.05) is 0 Å². The van der Waals surface area contributed by atoms with Gasteiger partial charge in [-0.15, -0.1) is 0 Å². The lowest BCUT2D eigenvalue weighted by Crippen LogP contribution is -2.04. The van der Waals surface area contributed by atoms with Crippen molar-refractivity contribution in [3.63, 3.8) is 0 Å². The molecule has 0 aliphatic heterocycles. The van der Waals surface area contributed by atoms with E-state index in [4.69, 9.17) is 9.47 Å². The van der Waals surface area contributed by atoms with Crippen LogP contribution in [0.1, 0.15) is 5.56 Å². The van der Waals surface area contributed by atoms with Gasteiger partial charge in [0, 0.05) is 14.1 Å². The first-order valence-corrected chi connectivity index (χ1v) is 5.11. The Morgan fingerprint density at radius 2 is 1.83 bits per heavy atom. The molecule has 0 amide bonds. The predicted octanol–water partition coefficient (Wildman–Crippen LogP) is 1.51. The van der Waals surface area contributed by atoms with Crippen LogP contribution in [0.4, 0.5) is 5.69 Å². The maximum atomic E-state index is 11.0. The number of ether oxygens (including phenoxy) is 2. The summed E-state index contributed by atoms with van der Waals surface area (Å²) in [5.41, 5.74) is 0.268. The maximum Gasteiger partial charge on any atom is 0.282 e. The van der Waals surface area contributed by atoms with Crippen molar-refractivity contribution in [2.75, 3.05) is 28.3 Å². The number of hydrogen-bond acceptors (Lipinski definition) is 6. The summed E-state index contributed by atoms with van der Waals surface area (Å²) in [6, 6.07) is 2.83. The fraction of sp³-hybridized carbons (Fsp3) is 0.364. The molecule has 0 aliphatic rings. The quantitative estimate of drug-likeness (QED) is 0.451. The molecular formula is C11H15N3O4. The van der Waals surface area contributed by atoms with Gasteiger partial charge in [-0.05, 0) is 6.07 Å². The van der Waals surface area contributed by atoms with Crippen molar-refractivity contribution in [3.05, 3.63) is 27.8 Å². The van der Waals surface area contributed by atoms with Crippen molar-refractivity contribution >= 4 is 11.9 Å². The molecule has 1 aromatic carbocycles. The smallest absolute Gasteiger partial charge is 0.282 e. The van der Waals surface area contributed by atoms with Gasteiger partial charge in [0.15, 0.2) is 11.5 Å². The van der Waals surface area contributed by atoms with Gasteiger partial charge in [0.2, 0.25) is 0 Å². The van der Waals surface area contributed by atoms with Crippen LogP contribution in [0.25, 0.3) is 0 Å². The summed E-state index contributed by atoms with van der Waals surface area (Å²) in [5.74, 6) is 0.731. The third-order valence-corrected chi connectivity index (χ3v) is 2.16. The Bertz CT molecular complexity index is 472. The Labute approximate surface area is 105 Å². The van der Waals surface area contributed by atoms with Gasteiger partial charge in [0.25, 0.3) is 5.69 Å². The third-order valence-electron chi connectivity index (χ3n) is 2.16. The summed E-state index contributed by atoms with van der Waals surface area (Å²) in [6.07, 6.45) is 1.40. The van der Waals surface area contributed by atoms with Gasteiger partial charge < -0.3 is 14.5 Å². The summed E-state index contributed by atoms with van der Waals surface area (Å²) in [4.78, 5) is 10.5. The minimum absolute atomic E-state index is 0.0850. The molecule has 0 bridgehead atoms. The molecule has 0 fully saturated rings. The average molecular weight is 253 g/mol. The molecule has 1 rings (SSSR count). The zero-order valence-electron chi connectivity index (χ0n) is 10.7. The highest BCUT2D eigenvalue weighted by molar-refractivity contribution is 5.86. The Hall–Kier alpha value is -2.31.